The van der Waals surface area contributed by atoms with Crippen LogP contribution in [0.25, 0.3) is 0 Å². The van der Waals surface area contributed by atoms with Crippen LogP contribution < -0.4 is 20.1 Å². The molecule has 0 unspecified atom stereocenters. The SMILES string of the molecule is C=C(Nc1ccc(CN2CCN(CC)CC2)c(C(F)(F)F)c1)/C(C)=C(N=CC)/C(=C\CCCC)CNc1c(Cl)c(OC)cc(OC)c1Cl. The molecular formula is C36H48Cl2F3N5O2. The molecule has 1 aliphatic heterocycles. The number of unbranched alkanes of at least 4 members (excludes halogenated alkanes) is 2. The van der Waals surface area contributed by atoms with Crippen LogP contribution in [-0.2, 0) is 12.7 Å². The Labute approximate surface area is 293 Å². The molecule has 1 fully saturated rings. The number of hydrogen-bond donors (Lipinski definition) is 2. The molecule has 1 heterocycles. The molecule has 1 saturated heterocycles. The number of piperazine rings is 1. The fourth-order valence-electron chi connectivity index (χ4n) is 5.48. The molecule has 3 rings (SSSR count). The number of halogens is 5. The number of likely N-dealkylation sites (N-methyl/N-ethyl adjacent to an activating group) is 1. The summed E-state index contributed by atoms with van der Waals surface area (Å²) in [6, 6.07) is 6.02. The maximum Gasteiger partial charge on any atom is 0.416 e. The number of alkyl halides is 3. The average molecular weight is 711 g/mol. The van der Waals surface area contributed by atoms with Gasteiger partial charge in [0.15, 0.2) is 0 Å². The second kappa shape index (κ2) is 18.5. The number of allylic oxidation sites excluding steroid dienone is 2. The number of rotatable bonds is 16. The molecule has 0 amide bonds. The van der Waals surface area contributed by atoms with Crippen molar-refractivity contribution in [1.29, 1.82) is 0 Å². The van der Waals surface area contributed by atoms with E-state index >= 15 is 0 Å². The Morgan fingerprint density at radius 2 is 1.65 bits per heavy atom. The molecule has 7 nitrogen and oxygen atoms in total. The fourth-order valence-corrected chi connectivity index (χ4v) is 6.11. The van der Waals surface area contributed by atoms with Gasteiger partial charge in [-0.3, -0.25) is 9.89 Å². The Balaban J connectivity index is 1.92. The predicted molar refractivity (Wildman–Crippen MR) is 194 cm³/mol. The summed E-state index contributed by atoms with van der Waals surface area (Å²) in [5.74, 6) is 0.799. The van der Waals surface area contributed by atoms with E-state index in [0.717, 1.165) is 57.6 Å². The molecule has 2 N–H and O–H groups in total. The zero-order valence-corrected chi connectivity index (χ0v) is 30.3. The third kappa shape index (κ3) is 10.4. The van der Waals surface area contributed by atoms with Gasteiger partial charge in [-0.05, 0) is 55.7 Å². The van der Waals surface area contributed by atoms with Gasteiger partial charge in [0.25, 0.3) is 0 Å². The van der Waals surface area contributed by atoms with Gasteiger partial charge in [-0.1, -0.05) is 68.6 Å². The number of benzene rings is 2. The van der Waals surface area contributed by atoms with Crippen LogP contribution >= 0.6 is 23.2 Å². The normalized spacial score (nSPS) is 15.4. The van der Waals surface area contributed by atoms with E-state index in [1.807, 2.05) is 6.92 Å². The first-order chi connectivity index (χ1) is 22.9. The van der Waals surface area contributed by atoms with Gasteiger partial charge in [-0.25, -0.2) is 0 Å². The molecule has 2 aromatic rings. The van der Waals surface area contributed by atoms with Crippen molar-refractivity contribution < 1.29 is 22.6 Å². The standard InChI is InChI=1S/C36H48Cl2F3N5O2/c1-8-11-12-13-26(22-43-35-32(37)30(47-6)21-31(48-7)33(35)38)34(42-9-2)24(4)25(5)44-28-15-14-27(29(20-28)36(39,40)41)23-46-18-16-45(10-3)17-19-46/h9,13-15,20-21,43-44H,5,8,10-12,16-19,22-23H2,1-4,6-7H3/b26-13-,34-24-,42-9?. The third-order valence-electron chi connectivity index (χ3n) is 8.36. The number of hydrogen-bond acceptors (Lipinski definition) is 7. The second-order valence-corrected chi connectivity index (χ2v) is 12.3. The maximum absolute atomic E-state index is 14.3. The van der Waals surface area contributed by atoms with Crippen LogP contribution in [0, 0.1) is 0 Å². The van der Waals surface area contributed by atoms with Crippen molar-refractivity contribution >= 4 is 40.8 Å². The number of ether oxygens (including phenoxy) is 2. The summed E-state index contributed by atoms with van der Waals surface area (Å²) >= 11 is 13.2. The Hall–Kier alpha value is -3.18. The molecule has 1 aliphatic rings. The molecule has 0 aliphatic carbocycles. The lowest BCUT2D eigenvalue weighted by Gasteiger charge is -2.34. The highest BCUT2D eigenvalue weighted by Gasteiger charge is 2.34. The summed E-state index contributed by atoms with van der Waals surface area (Å²) in [6.07, 6.45) is 2.00. The molecule has 0 radical (unpaired) electrons. The van der Waals surface area contributed by atoms with Crippen LogP contribution in [-0.4, -0.2) is 69.5 Å². The van der Waals surface area contributed by atoms with Crippen LogP contribution in [0.3, 0.4) is 0 Å². The molecule has 264 valence electrons. The Kier molecular flexibility index (Phi) is 15.2. The quantitative estimate of drug-likeness (QED) is 0.103. The van der Waals surface area contributed by atoms with E-state index in [1.54, 1.807) is 31.3 Å². The topological polar surface area (TPSA) is 61.4 Å². The molecule has 0 saturated carbocycles. The highest BCUT2D eigenvalue weighted by atomic mass is 35.5. The van der Waals surface area contributed by atoms with Crippen molar-refractivity contribution in [1.82, 2.24) is 9.80 Å². The minimum Gasteiger partial charge on any atom is -0.495 e. The second-order valence-electron chi connectivity index (χ2n) is 11.6. The van der Waals surface area contributed by atoms with Crippen LogP contribution in [0.5, 0.6) is 11.5 Å². The van der Waals surface area contributed by atoms with E-state index in [2.05, 4.69) is 51.9 Å². The Bertz CT molecular complexity index is 1470. The molecular weight excluding hydrogens is 662 g/mol. The molecule has 2 aromatic carbocycles. The number of nitrogens with one attached hydrogen (secondary N) is 2. The summed E-state index contributed by atoms with van der Waals surface area (Å²) in [5, 5.41) is 7.04. The van der Waals surface area contributed by atoms with Crippen LogP contribution in [0.4, 0.5) is 24.5 Å². The van der Waals surface area contributed by atoms with Gasteiger partial charge < -0.3 is 25.0 Å². The van der Waals surface area contributed by atoms with Crippen molar-refractivity contribution in [2.24, 2.45) is 4.99 Å². The summed E-state index contributed by atoms with van der Waals surface area (Å²) in [6.45, 7) is 16.7. The van der Waals surface area contributed by atoms with Crippen LogP contribution in [0.2, 0.25) is 10.0 Å². The Morgan fingerprint density at radius 3 is 2.19 bits per heavy atom. The molecule has 0 spiro atoms. The molecule has 0 aromatic heterocycles. The zero-order valence-electron chi connectivity index (χ0n) is 28.8. The minimum absolute atomic E-state index is 0.244. The lowest BCUT2D eigenvalue weighted by atomic mass is 10.0. The van der Waals surface area contributed by atoms with Crippen molar-refractivity contribution in [3.05, 3.63) is 80.6 Å². The summed E-state index contributed by atoms with van der Waals surface area (Å²) < 4.78 is 53.7. The number of methoxy groups -OCH3 is 2. The minimum atomic E-state index is -4.51. The predicted octanol–water partition coefficient (Wildman–Crippen LogP) is 9.69. The lowest BCUT2D eigenvalue weighted by Crippen LogP contribution is -2.45. The van der Waals surface area contributed by atoms with Gasteiger partial charge in [0.05, 0.1) is 31.2 Å². The van der Waals surface area contributed by atoms with E-state index in [4.69, 9.17) is 32.7 Å². The maximum atomic E-state index is 14.3. The van der Waals surface area contributed by atoms with Crippen LogP contribution in [0.15, 0.2) is 64.5 Å². The van der Waals surface area contributed by atoms with Crippen molar-refractivity contribution in [3.63, 3.8) is 0 Å². The van der Waals surface area contributed by atoms with E-state index < -0.39 is 11.7 Å². The van der Waals surface area contributed by atoms with Gasteiger partial charge in [-0.15, -0.1) is 0 Å². The largest absolute Gasteiger partial charge is 0.495 e. The third-order valence-corrected chi connectivity index (χ3v) is 9.11. The Morgan fingerprint density at radius 1 is 1.02 bits per heavy atom. The van der Waals surface area contributed by atoms with E-state index in [1.165, 1.54) is 20.3 Å². The van der Waals surface area contributed by atoms with Crippen molar-refractivity contribution in [2.45, 2.75) is 59.7 Å². The summed E-state index contributed by atoms with van der Waals surface area (Å²) in [5.41, 5.74) is 2.90. The molecule has 12 heteroatoms. The number of aliphatic imine (C=N–C) groups is 1. The van der Waals surface area contributed by atoms with Crippen LogP contribution in [0.1, 0.15) is 58.1 Å². The number of anilines is 2. The smallest absolute Gasteiger partial charge is 0.416 e. The highest BCUT2D eigenvalue weighted by molar-refractivity contribution is 6.41. The average Bonchev–Trinajstić information content (AvgIpc) is 3.06. The summed E-state index contributed by atoms with van der Waals surface area (Å²) in [7, 11) is 3.01. The first kappa shape index (κ1) is 39.3. The van der Waals surface area contributed by atoms with Gasteiger partial charge in [0, 0.05) is 62.9 Å². The van der Waals surface area contributed by atoms with E-state index in [-0.39, 0.29) is 18.7 Å². The van der Waals surface area contributed by atoms with E-state index in [0.29, 0.717) is 49.9 Å². The van der Waals surface area contributed by atoms with Gasteiger partial charge in [0.1, 0.15) is 21.5 Å². The molecule has 48 heavy (non-hydrogen) atoms. The first-order valence-corrected chi connectivity index (χ1v) is 17.0. The molecule has 0 atom stereocenters. The van der Waals surface area contributed by atoms with Gasteiger partial charge >= 0.3 is 6.18 Å². The molecule has 0 bridgehead atoms. The van der Waals surface area contributed by atoms with Crippen molar-refractivity contribution in [3.8, 4) is 11.5 Å². The lowest BCUT2D eigenvalue weighted by molar-refractivity contribution is -0.138. The van der Waals surface area contributed by atoms with Gasteiger partial charge in [0.2, 0.25) is 0 Å². The summed E-state index contributed by atoms with van der Waals surface area (Å²) in [4.78, 5) is 9.05. The first-order valence-electron chi connectivity index (χ1n) is 16.2. The monoisotopic (exact) mass is 709 g/mol. The number of nitrogens with zero attached hydrogens (tertiary/aromatic N) is 3. The van der Waals surface area contributed by atoms with Crippen molar-refractivity contribution in [2.75, 3.05) is 64.1 Å². The fraction of sp³-hybridized carbons (Fsp3) is 0.472. The van der Waals surface area contributed by atoms with E-state index in [9.17, 15) is 13.2 Å². The van der Waals surface area contributed by atoms with Gasteiger partial charge in [-0.2, -0.15) is 13.2 Å². The zero-order chi connectivity index (χ0) is 35.4. The highest BCUT2D eigenvalue weighted by Crippen LogP contribution is 2.44.